The fourth-order valence-electron chi connectivity index (χ4n) is 2.96. The number of likely N-dealkylation sites (tertiary alicyclic amines) is 2. The van der Waals surface area contributed by atoms with E-state index in [4.69, 9.17) is 4.74 Å². The molecule has 1 aliphatic carbocycles. The van der Waals surface area contributed by atoms with Crippen LogP contribution in [0.25, 0.3) is 0 Å². The Kier molecular flexibility index (Phi) is 3.48. The summed E-state index contributed by atoms with van der Waals surface area (Å²) in [5.41, 5.74) is 0. The first-order valence-corrected chi connectivity index (χ1v) is 7.31. The summed E-state index contributed by atoms with van der Waals surface area (Å²) in [5.74, 6) is 0.835. The van der Waals surface area contributed by atoms with Gasteiger partial charge in [0, 0.05) is 32.5 Å². The zero-order valence-electron chi connectivity index (χ0n) is 11.5. The topological polar surface area (TPSA) is 49.9 Å². The van der Waals surface area contributed by atoms with Gasteiger partial charge in [0.05, 0.1) is 18.8 Å². The van der Waals surface area contributed by atoms with Crippen LogP contribution in [0.2, 0.25) is 0 Å². The Morgan fingerprint density at radius 2 is 2.11 bits per heavy atom. The number of likely N-dealkylation sites (N-methyl/N-ethyl adjacent to an activating group) is 1. The molecule has 2 atom stereocenters. The van der Waals surface area contributed by atoms with Crippen LogP contribution in [0.15, 0.2) is 0 Å². The van der Waals surface area contributed by atoms with Crippen LogP contribution in [-0.4, -0.2) is 60.5 Å². The Balaban J connectivity index is 1.42. The number of carbonyl (C=O) groups is 2. The third kappa shape index (κ3) is 2.76. The van der Waals surface area contributed by atoms with Crippen LogP contribution < -0.4 is 0 Å². The number of nitrogens with zero attached hydrogens (tertiary/aromatic N) is 2. The second kappa shape index (κ2) is 5.12. The van der Waals surface area contributed by atoms with Gasteiger partial charge in [-0.3, -0.25) is 9.59 Å². The Hall–Kier alpha value is -1.10. The van der Waals surface area contributed by atoms with Crippen molar-refractivity contribution >= 4 is 11.8 Å². The highest BCUT2D eigenvalue weighted by Gasteiger charge is 2.37. The van der Waals surface area contributed by atoms with E-state index in [-0.39, 0.29) is 18.1 Å². The van der Waals surface area contributed by atoms with Crippen LogP contribution >= 0.6 is 0 Å². The largest absolute Gasteiger partial charge is 0.374 e. The molecule has 0 aromatic heterocycles. The van der Waals surface area contributed by atoms with E-state index >= 15 is 0 Å². The molecule has 0 N–H and O–H groups in total. The van der Waals surface area contributed by atoms with Crippen LogP contribution in [0.4, 0.5) is 0 Å². The molecule has 2 amide bonds. The molecule has 1 saturated carbocycles. The molecule has 106 valence electrons. The fourth-order valence-corrected chi connectivity index (χ4v) is 2.96. The van der Waals surface area contributed by atoms with E-state index in [0.717, 1.165) is 38.8 Å². The highest BCUT2D eigenvalue weighted by atomic mass is 16.5. The molecule has 0 spiro atoms. The van der Waals surface area contributed by atoms with Crippen molar-refractivity contribution in [1.82, 2.24) is 9.80 Å². The standard InChI is InChI=1S/C14H22N2O3/c1-15-11(4-5-13(15)17)9-19-12-6-7-16(8-12)14(18)10-2-3-10/h10-12H,2-9H2,1H3. The predicted molar refractivity (Wildman–Crippen MR) is 69.5 cm³/mol. The van der Waals surface area contributed by atoms with Gasteiger partial charge in [0.25, 0.3) is 0 Å². The highest BCUT2D eigenvalue weighted by molar-refractivity contribution is 5.81. The van der Waals surface area contributed by atoms with E-state index in [1.54, 1.807) is 4.90 Å². The molecule has 3 rings (SSSR count). The van der Waals surface area contributed by atoms with E-state index in [1.807, 2.05) is 11.9 Å². The van der Waals surface area contributed by atoms with E-state index in [0.29, 0.717) is 24.9 Å². The zero-order valence-corrected chi connectivity index (χ0v) is 11.5. The lowest BCUT2D eigenvalue weighted by molar-refractivity contribution is -0.132. The first-order chi connectivity index (χ1) is 9.15. The summed E-state index contributed by atoms with van der Waals surface area (Å²) in [4.78, 5) is 27.1. The Morgan fingerprint density at radius 1 is 1.32 bits per heavy atom. The second-order valence-electron chi connectivity index (χ2n) is 6.00. The lowest BCUT2D eigenvalue weighted by Gasteiger charge is -2.22. The van der Waals surface area contributed by atoms with E-state index in [1.165, 1.54) is 0 Å². The number of amides is 2. The summed E-state index contributed by atoms with van der Waals surface area (Å²) in [7, 11) is 1.85. The van der Waals surface area contributed by atoms with Gasteiger partial charge in [0.1, 0.15) is 0 Å². The molecular formula is C14H22N2O3. The molecular weight excluding hydrogens is 244 g/mol. The number of carbonyl (C=O) groups excluding carboxylic acids is 2. The minimum atomic E-state index is 0.159. The minimum absolute atomic E-state index is 0.159. The average Bonchev–Trinajstić information content (AvgIpc) is 3.07. The molecule has 2 aliphatic heterocycles. The smallest absolute Gasteiger partial charge is 0.225 e. The van der Waals surface area contributed by atoms with Crippen molar-refractivity contribution in [3.63, 3.8) is 0 Å². The number of ether oxygens (including phenoxy) is 1. The van der Waals surface area contributed by atoms with Gasteiger partial charge in [-0.05, 0) is 25.7 Å². The van der Waals surface area contributed by atoms with Gasteiger partial charge in [-0.2, -0.15) is 0 Å². The highest BCUT2D eigenvalue weighted by Crippen LogP contribution is 2.32. The van der Waals surface area contributed by atoms with Gasteiger partial charge in [0.2, 0.25) is 11.8 Å². The molecule has 0 radical (unpaired) electrons. The molecule has 0 aromatic carbocycles. The zero-order chi connectivity index (χ0) is 13.4. The van der Waals surface area contributed by atoms with E-state index < -0.39 is 0 Å². The fraction of sp³-hybridized carbons (Fsp3) is 0.857. The molecule has 5 heteroatoms. The van der Waals surface area contributed by atoms with Crippen LogP contribution in [-0.2, 0) is 14.3 Å². The van der Waals surface area contributed by atoms with Crippen LogP contribution in [0.5, 0.6) is 0 Å². The van der Waals surface area contributed by atoms with Gasteiger partial charge in [-0.25, -0.2) is 0 Å². The van der Waals surface area contributed by atoms with Crippen molar-refractivity contribution in [2.24, 2.45) is 5.92 Å². The second-order valence-corrected chi connectivity index (χ2v) is 6.00. The Labute approximate surface area is 113 Å². The van der Waals surface area contributed by atoms with Gasteiger partial charge in [0.15, 0.2) is 0 Å². The molecule has 2 saturated heterocycles. The SMILES string of the molecule is CN1C(=O)CCC1COC1CCN(C(=O)C2CC2)C1. The van der Waals surface area contributed by atoms with Crippen molar-refractivity contribution in [3.05, 3.63) is 0 Å². The third-order valence-electron chi connectivity index (χ3n) is 4.54. The lowest BCUT2D eigenvalue weighted by atomic mass is 10.2. The van der Waals surface area contributed by atoms with Crippen molar-refractivity contribution in [3.8, 4) is 0 Å². The van der Waals surface area contributed by atoms with Gasteiger partial charge in [-0.15, -0.1) is 0 Å². The Bertz CT molecular complexity index is 381. The maximum absolute atomic E-state index is 11.9. The lowest BCUT2D eigenvalue weighted by Crippen LogP contribution is -2.35. The number of rotatable bonds is 4. The summed E-state index contributed by atoms with van der Waals surface area (Å²) in [6, 6.07) is 0.223. The first-order valence-electron chi connectivity index (χ1n) is 7.31. The monoisotopic (exact) mass is 266 g/mol. The predicted octanol–water partition coefficient (Wildman–Crippen LogP) is 0.635. The van der Waals surface area contributed by atoms with Crippen molar-refractivity contribution in [2.45, 2.75) is 44.2 Å². The van der Waals surface area contributed by atoms with Gasteiger partial charge in [-0.1, -0.05) is 0 Å². The molecule has 3 fully saturated rings. The summed E-state index contributed by atoms with van der Waals surface area (Å²) < 4.78 is 5.90. The first kappa shape index (κ1) is 12.9. The van der Waals surface area contributed by atoms with E-state index in [2.05, 4.69) is 0 Å². The molecule has 2 heterocycles. The average molecular weight is 266 g/mol. The normalized spacial score (nSPS) is 31.3. The third-order valence-corrected chi connectivity index (χ3v) is 4.54. The summed E-state index contributed by atoms with van der Waals surface area (Å²) in [5, 5.41) is 0. The van der Waals surface area contributed by atoms with Crippen molar-refractivity contribution < 1.29 is 14.3 Å². The molecule has 5 nitrogen and oxygen atoms in total. The van der Waals surface area contributed by atoms with Crippen molar-refractivity contribution in [2.75, 3.05) is 26.7 Å². The quantitative estimate of drug-likeness (QED) is 0.750. The van der Waals surface area contributed by atoms with Gasteiger partial charge >= 0.3 is 0 Å². The molecule has 2 unspecified atom stereocenters. The minimum Gasteiger partial charge on any atom is -0.374 e. The number of hydrogen-bond acceptors (Lipinski definition) is 3. The van der Waals surface area contributed by atoms with Crippen LogP contribution in [0, 0.1) is 5.92 Å². The summed E-state index contributed by atoms with van der Waals surface area (Å²) in [6.07, 6.45) is 4.76. The van der Waals surface area contributed by atoms with Crippen LogP contribution in [0.3, 0.4) is 0 Å². The summed E-state index contributed by atoms with van der Waals surface area (Å²) in [6.45, 7) is 2.18. The van der Waals surface area contributed by atoms with Crippen LogP contribution in [0.1, 0.15) is 32.1 Å². The van der Waals surface area contributed by atoms with Gasteiger partial charge < -0.3 is 14.5 Å². The Morgan fingerprint density at radius 3 is 2.74 bits per heavy atom. The maximum Gasteiger partial charge on any atom is 0.225 e. The molecule has 3 aliphatic rings. The molecule has 19 heavy (non-hydrogen) atoms. The maximum atomic E-state index is 11.9. The van der Waals surface area contributed by atoms with Crippen molar-refractivity contribution in [1.29, 1.82) is 0 Å². The number of hydrogen-bond donors (Lipinski definition) is 0. The summed E-state index contributed by atoms with van der Waals surface area (Å²) >= 11 is 0. The molecule has 0 bridgehead atoms. The van der Waals surface area contributed by atoms with E-state index in [9.17, 15) is 9.59 Å². The molecule has 0 aromatic rings.